The van der Waals surface area contributed by atoms with E-state index in [-0.39, 0.29) is 17.9 Å². The van der Waals surface area contributed by atoms with Gasteiger partial charge in [-0.15, -0.1) is 10.2 Å². The van der Waals surface area contributed by atoms with Crippen LogP contribution in [0.2, 0.25) is 0 Å². The fourth-order valence-electron chi connectivity index (χ4n) is 2.13. The number of rotatable bonds is 3. The number of hydrogen-bond acceptors (Lipinski definition) is 5. The van der Waals surface area contributed by atoms with Gasteiger partial charge in [0.25, 0.3) is 5.91 Å². The second-order valence-electron chi connectivity index (χ2n) is 4.82. The fraction of sp³-hybridized carbons (Fsp3) is 0.308. The number of anilines is 1. The Labute approximate surface area is 119 Å². The molecule has 3 N–H and O–H groups in total. The second-order valence-corrected chi connectivity index (χ2v) is 6.00. The summed E-state index contributed by atoms with van der Waals surface area (Å²) in [7, 11) is 0. The summed E-state index contributed by atoms with van der Waals surface area (Å²) < 4.78 is 13.4. The van der Waals surface area contributed by atoms with Crippen molar-refractivity contribution in [2.75, 3.05) is 5.32 Å². The van der Waals surface area contributed by atoms with Crippen LogP contribution in [0.4, 0.5) is 9.52 Å². The topological polar surface area (TPSA) is 80.9 Å². The number of nitrogens with one attached hydrogen (secondary N) is 1. The van der Waals surface area contributed by atoms with E-state index in [9.17, 15) is 9.18 Å². The number of nitrogens with two attached hydrogens (primary N) is 1. The standard InChI is InChI=1S/C13H13FN4OS/c1-6-17-18-13(20-6)16-12(19)10-4-7(14)2-3-8(10)9-5-11(9)15/h2-4,9,11H,5,15H2,1H3,(H,16,18,19). The van der Waals surface area contributed by atoms with E-state index < -0.39 is 5.82 Å². The Morgan fingerprint density at radius 3 is 2.85 bits per heavy atom. The maximum Gasteiger partial charge on any atom is 0.257 e. The Balaban J connectivity index is 1.88. The number of halogens is 1. The molecule has 20 heavy (non-hydrogen) atoms. The Hall–Kier alpha value is -1.86. The lowest BCUT2D eigenvalue weighted by Crippen LogP contribution is -2.15. The van der Waals surface area contributed by atoms with Crippen molar-refractivity contribution in [2.45, 2.75) is 25.3 Å². The Bertz CT molecular complexity index is 672. The van der Waals surface area contributed by atoms with Crippen LogP contribution < -0.4 is 11.1 Å². The van der Waals surface area contributed by atoms with Crippen molar-refractivity contribution in [3.63, 3.8) is 0 Å². The van der Waals surface area contributed by atoms with Crippen LogP contribution in [0, 0.1) is 12.7 Å². The highest BCUT2D eigenvalue weighted by Crippen LogP contribution is 2.40. The predicted molar refractivity (Wildman–Crippen MR) is 74.3 cm³/mol. The molecular formula is C13H13FN4OS. The van der Waals surface area contributed by atoms with Crippen LogP contribution >= 0.6 is 11.3 Å². The van der Waals surface area contributed by atoms with E-state index in [1.807, 2.05) is 0 Å². The average Bonchev–Trinajstić information content (AvgIpc) is 2.98. The summed E-state index contributed by atoms with van der Waals surface area (Å²) in [4.78, 5) is 12.3. The molecule has 2 aromatic rings. The van der Waals surface area contributed by atoms with Gasteiger partial charge in [-0.05, 0) is 31.0 Å². The zero-order valence-corrected chi connectivity index (χ0v) is 11.6. The van der Waals surface area contributed by atoms with Crippen LogP contribution in [-0.4, -0.2) is 22.1 Å². The van der Waals surface area contributed by atoms with E-state index in [0.717, 1.165) is 17.0 Å². The first-order valence-electron chi connectivity index (χ1n) is 6.21. The van der Waals surface area contributed by atoms with E-state index in [1.54, 1.807) is 13.0 Å². The highest BCUT2D eigenvalue weighted by atomic mass is 32.1. The molecule has 1 heterocycles. The predicted octanol–water partition coefficient (Wildman–Crippen LogP) is 2.05. The zero-order chi connectivity index (χ0) is 14.3. The lowest BCUT2D eigenvalue weighted by molar-refractivity contribution is 0.102. The third kappa shape index (κ3) is 2.54. The molecule has 0 radical (unpaired) electrons. The van der Waals surface area contributed by atoms with E-state index in [2.05, 4.69) is 15.5 Å². The van der Waals surface area contributed by atoms with Gasteiger partial charge in [0.2, 0.25) is 5.13 Å². The monoisotopic (exact) mass is 292 g/mol. The molecule has 1 aromatic carbocycles. The molecule has 1 fully saturated rings. The van der Waals surface area contributed by atoms with Crippen molar-refractivity contribution in [3.8, 4) is 0 Å². The molecule has 104 valence electrons. The normalized spacial score (nSPS) is 20.8. The van der Waals surface area contributed by atoms with Gasteiger partial charge in [0.05, 0.1) is 0 Å². The number of hydrogen-bond donors (Lipinski definition) is 2. The molecule has 0 bridgehead atoms. The van der Waals surface area contributed by atoms with Gasteiger partial charge < -0.3 is 5.73 Å². The van der Waals surface area contributed by atoms with Gasteiger partial charge in [-0.25, -0.2) is 4.39 Å². The van der Waals surface area contributed by atoms with Crippen LogP contribution in [0.1, 0.15) is 33.3 Å². The zero-order valence-electron chi connectivity index (χ0n) is 10.8. The number of carbonyl (C=O) groups excluding carboxylic acids is 1. The van der Waals surface area contributed by atoms with Crippen molar-refractivity contribution in [2.24, 2.45) is 5.73 Å². The molecule has 2 unspecified atom stereocenters. The minimum Gasteiger partial charge on any atom is -0.327 e. The molecule has 0 saturated heterocycles. The number of aromatic nitrogens is 2. The van der Waals surface area contributed by atoms with E-state index in [1.165, 1.54) is 23.5 Å². The van der Waals surface area contributed by atoms with E-state index >= 15 is 0 Å². The molecule has 2 atom stereocenters. The first kappa shape index (κ1) is 13.1. The molecule has 3 rings (SSSR count). The maximum absolute atomic E-state index is 13.4. The SMILES string of the molecule is Cc1nnc(NC(=O)c2cc(F)ccc2C2CC2N)s1. The fourth-order valence-corrected chi connectivity index (χ4v) is 2.72. The van der Waals surface area contributed by atoms with Crippen LogP contribution in [0.15, 0.2) is 18.2 Å². The number of amides is 1. The summed E-state index contributed by atoms with van der Waals surface area (Å²) in [6.07, 6.45) is 0.823. The molecule has 1 aliphatic carbocycles. The van der Waals surface area contributed by atoms with Gasteiger partial charge in [0, 0.05) is 17.5 Å². The molecule has 1 aliphatic rings. The number of carbonyl (C=O) groups is 1. The Kier molecular flexibility index (Phi) is 3.23. The molecule has 1 aromatic heterocycles. The number of aryl methyl sites for hydroxylation is 1. The van der Waals surface area contributed by atoms with Crippen molar-refractivity contribution in [1.82, 2.24) is 10.2 Å². The van der Waals surface area contributed by atoms with Crippen molar-refractivity contribution >= 4 is 22.4 Å². The third-order valence-corrected chi connectivity index (χ3v) is 4.00. The highest BCUT2D eigenvalue weighted by Gasteiger charge is 2.37. The highest BCUT2D eigenvalue weighted by molar-refractivity contribution is 7.15. The molecule has 1 amide bonds. The molecular weight excluding hydrogens is 279 g/mol. The smallest absolute Gasteiger partial charge is 0.257 e. The number of nitrogens with zero attached hydrogens (tertiary/aromatic N) is 2. The summed E-state index contributed by atoms with van der Waals surface area (Å²) in [5, 5.41) is 11.5. The maximum atomic E-state index is 13.4. The van der Waals surface area contributed by atoms with Crippen LogP contribution in [0.5, 0.6) is 0 Å². The van der Waals surface area contributed by atoms with Gasteiger partial charge in [0.15, 0.2) is 0 Å². The Morgan fingerprint density at radius 1 is 1.50 bits per heavy atom. The molecule has 5 nitrogen and oxygen atoms in total. The van der Waals surface area contributed by atoms with Gasteiger partial charge in [-0.1, -0.05) is 17.4 Å². The van der Waals surface area contributed by atoms with Crippen molar-refractivity contribution in [1.29, 1.82) is 0 Å². The molecule has 1 saturated carbocycles. The minimum absolute atomic E-state index is 0.0517. The second kappa shape index (κ2) is 4.92. The largest absolute Gasteiger partial charge is 0.327 e. The third-order valence-electron chi connectivity index (χ3n) is 3.25. The summed E-state index contributed by atoms with van der Waals surface area (Å²) in [5.41, 5.74) is 6.92. The quantitative estimate of drug-likeness (QED) is 0.907. The van der Waals surface area contributed by atoms with Crippen LogP contribution in [0.25, 0.3) is 0 Å². The minimum atomic E-state index is -0.443. The first-order valence-corrected chi connectivity index (χ1v) is 7.02. The van der Waals surface area contributed by atoms with Crippen LogP contribution in [0.3, 0.4) is 0 Å². The summed E-state index contributed by atoms with van der Waals surface area (Å²) in [6.45, 7) is 1.80. The summed E-state index contributed by atoms with van der Waals surface area (Å²) >= 11 is 1.27. The van der Waals surface area contributed by atoms with Crippen molar-refractivity contribution < 1.29 is 9.18 Å². The van der Waals surface area contributed by atoms with Gasteiger partial charge in [0.1, 0.15) is 10.8 Å². The lowest BCUT2D eigenvalue weighted by Gasteiger charge is -2.08. The first-order chi connectivity index (χ1) is 9.54. The van der Waals surface area contributed by atoms with E-state index in [4.69, 9.17) is 5.73 Å². The van der Waals surface area contributed by atoms with Crippen molar-refractivity contribution in [3.05, 3.63) is 40.2 Å². The Morgan fingerprint density at radius 2 is 2.25 bits per heavy atom. The molecule has 0 aliphatic heterocycles. The van der Waals surface area contributed by atoms with Crippen LogP contribution in [-0.2, 0) is 0 Å². The number of benzene rings is 1. The molecule has 0 spiro atoms. The lowest BCUT2D eigenvalue weighted by atomic mass is 10.0. The summed E-state index contributed by atoms with van der Waals surface area (Å²) in [5.74, 6) is -0.691. The average molecular weight is 292 g/mol. The van der Waals surface area contributed by atoms with Gasteiger partial charge in [-0.3, -0.25) is 10.1 Å². The molecule has 7 heteroatoms. The van der Waals surface area contributed by atoms with Gasteiger partial charge in [-0.2, -0.15) is 0 Å². The van der Waals surface area contributed by atoms with Gasteiger partial charge >= 0.3 is 0 Å². The van der Waals surface area contributed by atoms with E-state index in [0.29, 0.717) is 10.7 Å². The summed E-state index contributed by atoms with van der Waals surface area (Å²) in [6, 6.07) is 4.28.